The molecule has 0 heterocycles. The predicted molar refractivity (Wildman–Crippen MR) is 29.6 cm³/mol. The van der Waals surface area contributed by atoms with Crippen molar-refractivity contribution < 1.29 is 18.7 Å². The number of halogens is 2. The second-order valence-corrected chi connectivity index (χ2v) is 1.73. The first-order valence-electron chi connectivity index (χ1n) is 2.50. The van der Waals surface area contributed by atoms with Crippen molar-refractivity contribution in [2.24, 2.45) is 5.73 Å². The Labute approximate surface area is 56.0 Å². The first-order chi connectivity index (χ1) is 4.48. The van der Waals surface area contributed by atoms with Crippen molar-refractivity contribution in [3.8, 4) is 0 Å². The molecule has 0 unspecified atom stereocenters. The molecule has 0 bridgehead atoms. The fourth-order valence-electron chi connectivity index (χ4n) is 0.272. The number of amides is 2. The maximum atomic E-state index is 12.0. The normalized spacial score (nSPS) is 11.1. The Morgan fingerprint density at radius 3 is 2.50 bits per heavy atom. The highest BCUT2D eigenvalue weighted by molar-refractivity contribution is 5.71. The van der Waals surface area contributed by atoms with E-state index in [1.54, 1.807) is 5.32 Å². The van der Waals surface area contributed by atoms with Crippen LogP contribution in [0.25, 0.3) is 0 Å². The third-order valence-electron chi connectivity index (χ3n) is 0.753. The summed E-state index contributed by atoms with van der Waals surface area (Å²) < 4.78 is 24.0. The molecule has 0 saturated heterocycles. The van der Waals surface area contributed by atoms with Crippen LogP contribution in [-0.4, -0.2) is 30.2 Å². The van der Waals surface area contributed by atoms with Gasteiger partial charge >= 0.3 is 6.03 Å². The average Bonchev–Trinajstić information content (AvgIpc) is 1.85. The summed E-state index contributed by atoms with van der Waals surface area (Å²) in [5.41, 5.74) is 4.49. The number of urea groups is 1. The summed E-state index contributed by atoms with van der Waals surface area (Å²) in [5.74, 6) is -3.28. The van der Waals surface area contributed by atoms with Gasteiger partial charge < -0.3 is 16.2 Å². The van der Waals surface area contributed by atoms with Crippen molar-refractivity contribution in [3.05, 3.63) is 0 Å². The van der Waals surface area contributed by atoms with Crippen LogP contribution in [0, 0.1) is 0 Å². The highest BCUT2D eigenvalue weighted by Crippen LogP contribution is 2.08. The quantitative estimate of drug-likeness (QED) is 0.502. The van der Waals surface area contributed by atoms with Gasteiger partial charge in [-0.05, 0) is 0 Å². The molecule has 0 atom stereocenters. The minimum Gasteiger partial charge on any atom is -0.390 e. The standard InChI is InChI=1S/C4H8F2N2O2/c5-4(6,2-9)1-8-3(7)10/h9H,1-2H2,(H3,7,8,10). The van der Waals surface area contributed by atoms with Gasteiger partial charge in [0.15, 0.2) is 0 Å². The number of carbonyl (C=O) groups is 1. The molecule has 0 fully saturated rings. The maximum absolute atomic E-state index is 12.0. The molecule has 0 aromatic rings. The van der Waals surface area contributed by atoms with E-state index in [-0.39, 0.29) is 0 Å². The Morgan fingerprint density at radius 1 is 1.70 bits per heavy atom. The second kappa shape index (κ2) is 3.31. The van der Waals surface area contributed by atoms with Crippen molar-refractivity contribution in [2.75, 3.05) is 13.2 Å². The fourth-order valence-corrected chi connectivity index (χ4v) is 0.272. The van der Waals surface area contributed by atoms with Crippen LogP contribution in [0.3, 0.4) is 0 Å². The summed E-state index contributed by atoms with van der Waals surface area (Å²) in [4.78, 5) is 9.86. The van der Waals surface area contributed by atoms with Gasteiger partial charge in [0.1, 0.15) is 6.61 Å². The zero-order valence-corrected chi connectivity index (χ0v) is 5.10. The Balaban J connectivity index is 3.56. The number of primary amides is 1. The number of aliphatic hydroxyl groups excluding tert-OH is 1. The molecule has 0 aromatic carbocycles. The zero-order valence-electron chi connectivity index (χ0n) is 5.10. The minimum atomic E-state index is -3.28. The Morgan fingerprint density at radius 2 is 2.20 bits per heavy atom. The van der Waals surface area contributed by atoms with E-state index in [0.717, 1.165) is 0 Å². The molecule has 0 aliphatic carbocycles. The Kier molecular flexibility index (Phi) is 3.01. The SMILES string of the molecule is NC(=O)NCC(F)(F)CO. The monoisotopic (exact) mass is 154 g/mol. The smallest absolute Gasteiger partial charge is 0.312 e. The molecular weight excluding hydrogens is 146 g/mol. The van der Waals surface area contributed by atoms with Crippen molar-refractivity contribution >= 4 is 6.03 Å². The van der Waals surface area contributed by atoms with E-state index in [9.17, 15) is 13.6 Å². The van der Waals surface area contributed by atoms with Crippen LogP contribution in [-0.2, 0) is 0 Å². The van der Waals surface area contributed by atoms with E-state index in [4.69, 9.17) is 5.11 Å². The number of hydrogen-bond acceptors (Lipinski definition) is 2. The summed E-state index contributed by atoms with van der Waals surface area (Å²) in [7, 11) is 0. The molecular formula is C4H8F2N2O2. The van der Waals surface area contributed by atoms with Gasteiger partial charge in [-0.3, -0.25) is 0 Å². The maximum Gasteiger partial charge on any atom is 0.312 e. The van der Waals surface area contributed by atoms with Gasteiger partial charge in [0.05, 0.1) is 6.54 Å². The van der Waals surface area contributed by atoms with E-state index in [1.165, 1.54) is 0 Å². The van der Waals surface area contributed by atoms with Gasteiger partial charge in [-0.1, -0.05) is 0 Å². The molecule has 0 aromatic heterocycles. The van der Waals surface area contributed by atoms with Crippen molar-refractivity contribution in [1.29, 1.82) is 0 Å². The molecule has 4 N–H and O–H groups in total. The highest BCUT2D eigenvalue weighted by atomic mass is 19.3. The summed E-state index contributed by atoms with van der Waals surface area (Å²) in [5, 5.41) is 9.63. The number of alkyl halides is 2. The van der Waals surface area contributed by atoms with Crippen molar-refractivity contribution in [1.82, 2.24) is 5.32 Å². The number of carbonyl (C=O) groups excluding carboxylic acids is 1. The molecule has 60 valence electrons. The summed E-state index contributed by atoms with van der Waals surface area (Å²) in [6, 6.07) is -1.03. The van der Waals surface area contributed by atoms with Gasteiger partial charge in [0.25, 0.3) is 5.92 Å². The van der Waals surface area contributed by atoms with Gasteiger partial charge in [-0.15, -0.1) is 0 Å². The molecule has 10 heavy (non-hydrogen) atoms. The molecule has 0 aliphatic rings. The van der Waals surface area contributed by atoms with Gasteiger partial charge in [-0.25, -0.2) is 13.6 Å². The van der Waals surface area contributed by atoms with E-state index in [0.29, 0.717) is 0 Å². The van der Waals surface area contributed by atoms with Crippen LogP contribution in [0.5, 0.6) is 0 Å². The third-order valence-corrected chi connectivity index (χ3v) is 0.753. The first kappa shape index (κ1) is 9.09. The minimum absolute atomic E-state index is 0.932. The number of aliphatic hydroxyl groups is 1. The molecule has 0 spiro atoms. The molecule has 2 amide bonds. The van der Waals surface area contributed by atoms with Crippen LogP contribution < -0.4 is 11.1 Å². The van der Waals surface area contributed by atoms with Gasteiger partial charge in [0, 0.05) is 0 Å². The molecule has 0 aliphatic heterocycles. The summed E-state index contributed by atoms with van der Waals surface area (Å²) in [6.07, 6.45) is 0. The lowest BCUT2D eigenvalue weighted by Crippen LogP contribution is -2.41. The van der Waals surface area contributed by atoms with E-state index in [2.05, 4.69) is 5.73 Å². The van der Waals surface area contributed by atoms with Crippen molar-refractivity contribution in [3.63, 3.8) is 0 Å². The lowest BCUT2D eigenvalue weighted by Gasteiger charge is -2.11. The molecule has 0 rings (SSSR count). The van der Waals surface area contributed by atoms with E-state index < -0.39 is 25.1 Å². The van der Waals surface area contributed by atoms with Crippen molar-refractivity contribution in [2.45, 2.75) is 5.92 Å². The topological polar surface area (TPSA) is 75.4 Å². The van der Waals surface area contributed by atoms with Crippen LogP contribution in [0.15, 0.2) is 0 Å². The zero-order chi connectivity index (χ0) is 8.20. The molecule has 4 nitrogen and oxygen atoms in total. The lowest BCUT2D eigenvalue weighted by atomic mass is 10.3. The van der Waals surface area contributed by atoms with Crippen LogP contribution in [0.1, 0.15) is 0 Å². The highest BCUT2D eigenvalue weighted by Gasteiger charge is 2.27. The number of hydrogen-bond donors (Lipinski definition) is 3. The third kappa shape index (κ3) is 4.02. The number of rotatable bonds is 3. The summed E-state index contributed by atoms with van der Waals surface area (Å²) >= 11 is 0. The van der Waals surface area contributed by atoms with E-state index >= 15 is 0 Å². The summed E-state index contributed by atoms with van der Waals surface area (Å²) in [6.45, 7) is -2.23. The largest absolute Gasteiger partial charge is 0.390 e. The van der Waals surface area contributed by atoms with Gasteiger partial charge in [-0.2, -0.15) is 0 Å². The number of nitrogens with one attached hydrogen (secondary N) is 1. The predicted octanol–water partition coefficient (Wildman–Crippen LogP) is -0.718. The molecule has 0 saturated carbocycles. The Hall–Kier alpha value is -0.910. The first-order valence-corrected chi connectivity index (χ1v) is 2.50. The fraction of sp³-hybridized carbons (Fsp3) is 0.750. The molecule has 0 radical (unpaired) electrons. The lowest BCUT2D eigenvalue weighted by molar-refractivity contribution is -0.0452. The van der Waals surface area contributed by atoms with Gasteiger partial charge in [0.2, 0.25) is 0 Å². The Bertz CT molecular complexity index is 128. The van der Waals surface area contributed by atoms with Crippen LogP contribution in [0.4, 0.5) is 13.6 Å². The average molecular weight is 154 g/mol. The van der Waals surface area contributed by atoms with E-state index in [1.807, 2.05) is 0 Å². The second-order valence-electron chi connectivity index (χ2n) is 1.73. The van der Waals surface area contributed by atoms with Crippen LogP contribution in [0.2, 0.25) is 0 Å². The van der Waals surface area contributed by atoms with Crippen LogP contribution >= 0.6 is 0 Å². The molecule has 6 heteroatoms. The number of nitrogens with two attached hydrogens (primary N) is 1.